The Morgan fingerprint density at radius 1 is 1.39 bits per heavy atom. The van der Waals surface area contributed by atoms with Crippen LogP contribution >= 0.6 is 0 Å². The predicted octanol–water partition coefficient (Wildman–Crippen LogP) is 2.94. The van der Waals surface area contributed by atoms with Crippen molar-refractivity contribution in [1.29, 1.82) is 5.26 Å². The molecule has 1 aromatic rings. The molecule has 0 radical (unpaired) electrons. The molecular formula is C15H20N2O. The van der Waals surface area contributed by atoms with Crippen molar-refractivity contribution in [1.82, 2.24) is 4.90 Å². The van der Waals surface area contributed by atoms with Gasteiger partial charge in [-0.3, -0.25) is 4.79 Å². The Balaban J connectivity index is 2.84. The highest BCUT2D eigenvalue weighted by Gasteiger charge is 2.25. The van der Waals surface area contributed by atoms with E-state index in [4.69, 9.17) is 0 Å². The van der Waals surface area contributed by atoms with Crippen molar-refractivity contribution in [3.05, 3.63) is 35.9 Å². The molecule has 3 heteroatoms. The predicted molar refractivity (Wildman–Crippen MR) is 71.9 cm³/mol. The number of rotatable bonds is 5. The normalized spacial score (nSPS) is 13.4. The minimum absolute atomic E-state index is 0.121. The highest BCUT2D eigenvalue weighted by molar-refractivity contribution is 5.86. The van der Waals surface area contributed by atoms with Crippen LogP contribution in [0, 0.1) is 11.3 Å². The number of carbonyl (C=O) groups is 1. The van der Waals surface area contributed by atoms with Crippen LogP contribution < -0.4 is 0 Å². The molecule has 96 valence electrons. The molecule has 0 saturated carbocycles. The van der Waals surface area contributed by atoms with Gasteiger partial charge in [0, 0.05) is 13.1 Å². The lowest BCUT2D eigenvalue weighted by atomic mass is 9.98. The van der Waals surface area contributed by atoms with Crippen LogP contribution in [0.2, 0.25) is 0 Å². The van der Waals surface area contributed by atoms with E-state index in [0.29, 0.717) is 0 Å². The van der Waals surface area contributed by atoms with Gasteiger partial charge in [0.05, 0.1) is 6.07 Å². The van der Waals surface area contributed by atoms with E-state index in [-0.39, 0.29) is 11.9 Å². The van der Waals surface area contributed by atoms with Crippen molar-refractivity contribution in [3.8, 4) is 6.07 Å². The van der Waals surface area contributed by atoms with E-state index in [1.54, 1.807) is 11.9 Å². The molecule has 0 aliphatic carbocycles. The zero-order valence-electron chi connectivity index (χ0n) is 11.3. The average molecular weight is 244 g/mol. The summed E-state index contributed by atoms with van der Waals surface area (Å²) in [7, 11) is 1.77. The van der Waals surface area contributed by atoms with Crippen molar-refractivity contribution >= 4 is 5.91 Å². The molecule has 0 bridgehead atoms. The number of likely N-dealkylation sites (N-methyl/N-ethyl adjacent to an activating group) is 1. The van der Waals surface area contributed by atoms with Crippen LogP contribution in [0.25, 0.3) is 0 Å². The minimum Gasteiger partial charge on any atom is -0.342 e. The molecular weight excluding hydrogens is 224 g/mol. The summed E-state index contributed by atoms with van der Waals surface area (Å²) in [5, 5.41) is 9.21. The van der Waals surface area contributed by atoms with Gasteiger partial charge >= 0.3 is 0 Å². The van der Waals surface area contributed by atoms with E-state index in [1.165, 1.54) is 0 Å². The third-order valence-corrected chi connectivity index (χ3v) is 3.22. The van der Waals surface area contributed by atoms with Gasteiger partial charge in [-0.2, -0.15) is 5.26 Å². The van der Waals surface area contributed by atoms with Crippen LogP contribution in [0.15, 0.2) is 30.3 Å². The van der Waals surface area contributed by atoms with Gasteiger partial charge in [0.1, 0.15) is 5.92 Å². The maximum Gasteiger partial charge on any atom is 0.244 e. The molecule has 0 spiro atoms. The topological polar surface area (TPSA) is 44.1 Å². The Morgan fingerprint density at radius 2 is 2.00 bits per heavy atom. The highest BCUT2D eigenvalue weighted by Crippen LogP contribution is 2.19. The summed E-state index contributed by atoms with van der Waals surface area (Å²) < 4.78 is 0. The second kappa shape index (κ2) is 6.80. The fourth-order valence-corrected chi connectivity index (χ4v) is 1.95. The number of benzene rings is 1. The molecule has 18 heavy (non-hydrogen) atoms. The largest absolute Gasteiger partial charge is 0.342 e. The van der Waals surface area contributed by atoms with E-state index in [0.717, 1.165) is 18.4 Å². The van der Waals surface area contributed by atoms with E-state index >= 15 is 0 Å². The summed E-state index contributed by atoms with van der Waals surface area (Å²) in [6, 6.07) is 11.5. The standard InChI is InChI=1S/C15H20N2O/c1-4-8-12(2)17(3)15(18)14(11-16)13-9-6-5-7-10-13/h5-7,9-10,12,14H,4,8H2,1-3H3. The van der Waals surface area contributed by atoms with Crippen molar-refractivity contribution in [3.63, 3.8) is 0 Å². The first-order valence-corrected chi connectivity index (χ1v) is 6.33. The van der Waals surface area contributed by atoms with Crippen LogP contribution in [-0.2, 0) is 4.79 Å². The maximum atomic E-state index is 12.3. The van der Waals surface area contributed by atoms with Gasteiger partial charge in [-0.25, -0.2) is 0 Å². The molecule has 0 saturated heterocycles. The van der Waals surface area contributed by atoms with Gasteiger partial charge in [0.2, 0.25) is 5.91 Å². The first-order valence-electron chi connectivity index (χ1n) is 6.33. The van der Waals surface area contributed by atoms with Gasteiger partial charge < -0.3 is 4.90 Å². The summed E-state index contributed by atoms with van der Waals surface area (Å²) in [6.45, 7) is 4.11. The number of amides is 1. The first kappa shape index (κ1) is 14.2. The molecule has 1 amide bonds. The van der Waals surface area contributed by atoms with E-state index in [2.05, 4.69) is 13.0 Å². The summed E-state index contributed by atoms with van der Waals surface area (Å²) >= 11 is 0. The average Bonchev–Trinajstić information content (AvgIpc) is 2.40. The molecule has 2 atom stereocenters. The lowest BCUT2D eigenvalue weighted by Gasteiger charge is -2.26. The van der Waals surface area contributed by atoms with Crippen molar-refractivity contribution in [2.75, 3.05) is 7.05 Å². The lowest BCUT2D eigenvalue weighted by molar-refractivity contribution is -0.132. The molecule has 0 aromatic heterocycles. The van der Waals surface area contributed by atoms with E-state index in [9.17, 15) is 10.1 Å². The van der Waals surface area contributed by atoms with Crippen LogP contribution in [0.4, 0.5) is 0 Å². The summed E-state index contributed by atoms with van der Waals surface area (Å²) in [5.41, 5.74) is 0.764. The van der Waals surface area contributed by atoms with Gasteiger partial charge in [0.15, 0.2) is 0 Å². The molecule has 0 heterocycles. The third kappa shape index (κ3) is 3.33. The van der Waals surface area contributed by atoms with Crippen molar-refractivity contribution in [2.45, 2.75) is 38.6 Å². The Kier molecular flexibility index (Phi) is 5.38. The Bertz CT molecular complexity index is 422. The second-order valence-corrected chi connectivity index (χ2v) is 4.56. The molecule has 2 unspecified atom stereocenters. The minimum atomic E-state index is -0.699. The molecule has 1 aromatic carbocycles. The van der Waals surface area contributed by atoms with Gasteiger partial charge in [0.25, 0.3) is 0 Å². The summed E-state index contributed by atoms with van der Waals surface area (Å²) in [5.74, 6) is -0.819. The van der Waals surface area contributed by atoms with Crippen LogP contribution in [-0.4, -0.2) is 23.9 Å². The third-order valence-electron chi connectivity index (χ3n) is 3.22. The molecule has 0 N–H and O–H groups in total. The van der Waals surface area contributed by atoms with Gasteiger partial charge in [-0.1, -0.05) is 43.7 Å². The van der Waals surface area contributed by atoms with E-state index in [1.807, 2.05) is 37.3 Å². The number of carbonyl (C=O) groups excluding carboxylic acids is 1. The fraction of sp³-hybridized carbons (Fsp3) is 0.467. The summed E-state index contributed by atoms with van der Waals surface area (Å²) in [4.78, 5) is 14.0. The Hall–Kier alpha value is -1.82. The van der Waals surface area contributed by atoms with Crippen molar-refractivity contribution < 1.29 is 4.79 Å². The Morgan fingerprint density at radius 3 is 2.50 bits per heavy atom. The number of nitrogens with zero attached hydrogens (tertiary/aromatic N) is 2. The SMILES string of the molecule is CCCC(C)N(C)C(=O)C(C#N)c1ccccc1. The summed E-state index contributed by atoms with van der Waals surface area (Å²) in [6.07, 6.45) is 1.98. The maximum absolute atomic E-state index is 12.3. The van der Waals surface area contributed by atoms with Gasteiger partial charge in [-0.15, -0.1) is 0 Å². The smallest absolute Gasteiger partial charge is 0.244 e. The second-order valence-electron chi connectivity index (χ2n) is 4.56. The van der Waals surface area contributed by atoms with Crippen molar-refractivity contribution in [2.24, 2.45) is 0 Å². The zero-order valence-corrected chi connectivity index (χ0v) is 11.3. The number of hydrogen-bond acceptors (Lipinski definition) is 2. The quantitative estimate of drug-likeness (QED) is 0.799. The Labute approximate surface area is 109 Å². The number of nitriles is 1. The monoisotopic (exact) mass is 244 g/mol. The molecule has 0 fully saturated rings. The lowest BCUT2D eigenvalue weighted by Crippen LogP contribution is -2.38. The first-order chi connectivity index (χ1) is 8.61. The molecule has 3 nitrogen and oxygen atoms in total. The molecule has 1 rings (SSSR count). The number of hydrogen-bond donors (Lipinski definition) is 0. The van der Waals surface area contributed by atoms with Crippen LogP contribution in [0.3, 0.4) is 0 Å². The van der Waals surface area contributed by atoms with Crippen LogP contribution in [0.1, 0.15) is 38.2 Å². The molecule has 0 aliphatic rings. The van der Waals surface area contributed by atoms with Gasteiger partial charge in [-0.05, 0) is 18.9 Å². The fourth-order valence-electron chi connectivity index (χ4n) is 1.95. The van der Waals surface area contributed by atoms with Crippen LogP contribution in [0.5, 0.6) is 0 Å². The zero-order chi connectivity index (χ0) is 13.5. The van der Waals surface area contributed by atoms with E-state index < -0.39 is 5.92 Å². The molecule has 0 aliphatic heterocycles. The highest BCUT2D eigenvalue weighted by atomic mass is 16.2.